The molecule has 2 unspecified atom stereocenters. The number of nitrogens with zero attached hydrogens (tertiary/aromatic N) is 3. The number of para-hydroxylation sites is 2. The van der Waals surface area contributed by atoms with Crippen molar-refractivity contribution >= 4 is 22.9 Å². The molecule has 2 bridgehead atoms. The molecule has 35 heavy (non-hydrogen) atoms. The zero-order valence-electron chi connectivity index (χ0n) is 20.3. The van der Waals surface area contributed by atoms with Crippen molar-refractivity contribution in [2.45, 2.75) is 101 Å². The number of hydrogen-bond donors (Lipinski definition) is 2. The van der Waals surface area contributed by atoms with Gasteiger partial charge in [0.25, 0.3) is 11.5 Å². The lowest BCUT2D eigenvalue weighted by atomic mass is 9.89. The summed E-state index contributed by atoms with van der Waals surface area (Å²) in [5.41, 5.74) is 0.859. The molecule has 8 nitrogen and oxygen atoms in total. The summed E-state index contributed by atoms with van der Waals surface area (Å²) < 4.78 is 1.81. The van der Waals surface area contributed by atoms with Gasteiger partial charge in [0, 0.05) is 30.7 Å². The van der Waals surface area contributed by atoms with Gasteiger partial charge in [-0.2, -0.15) is 0 Å². The van der Waals surface area contributed by atoms with Gasteiger partial charge in [0.1, 0.15) is 0 Å². The normalized spacial score (nSPS) is 25.8. The van der Waals surface area contributed by atoms with E-state index in [1.165, 1.54) is 57.8 Å². The lowest BCUT2D eigenvalue weighted by molar-refractivity contribution is -0.136. The van der Waals surface area contributed by atoms with Crippen LogP contribution in [-0.2, 0) is 4.79 Å². The number of carbonyl (C=O) groups excluding carboxylic acids is 1. The number of piperidine rings is 1. The van der Waals surface area contributed by atoms with E-state index in [4.69, 9.17) is 5.11 Å². The number of nitrogens with one attached hydrogen (secondary N) is 1. The number of fused-ring (bicyclic) bond motifs is 3. The van der Waals surface area contributed by atoms with Crippen LogP contribution in [0.5, 0.6) is 0 Å². The van der Waals surface area contributed by atoms with E-state index in [0.29, 0.717) is 23.6 Å². The predicted octanol–water partition coefficient (Wildman–Crippen LogP) is 3.88. The monoisotopic (exact) mass is 480 g/mol. The van der Waals surface area contributed by atoms with Crippen LogP contribution in [0.4, 0.5) is 0 Å². The lowest BCUT2D eigenvalue weighted by Gasteiger charge is -2.45. The number of aliphatic carboxylic acids is 1. The van der Waals surface area contributed by atoms with Crippen molar-refractivity contribution in [3.05, 3.63) is 40.3 Å². The van der Waals surface area contributed by atoms with Gasteiger partial charge in [-0.15, -0.1) is 0 Å². The van der Waals surface area contributed by atoms with Crippen LogP contribution in [0.25, 0.3) is 11.0 Å². The fraction of sp³-hybridized carbons (Fsp3) is 0.630. The van der Waals surface area contributed by atoms with Gasteiger partial charge >= 0.3 is 5.97 Å². The van der Waals surface area contributed by atoms with E-state index in [1.54, 1.807) is 0 Å². The number of carboxylic acid groups (broad SMARTS) is 1. The maximum atomic E-state index is 13.6. The second kappa shape index (κ2) is 10.5. The van der Waals surface area contributed by atoms with Gasteiger partial charge in [0.05, 0.1) is 17.5 Å². The Morgan fingerprint density at radius 3 is 2.26 bits per heavy atom. The first-order chi connectivity index (χ1) is 17.0. The van der Waals surface area contributed by atoms with Gasteiger partial charge < -0.3 is 15.0 Å². The average molecular weight is 481 g/mol. The van der Waals surface area contributed by atoms with Gasteiger partial charge in [0.15, 0.2) is 5.69 Å². The van der Waals surface area contributed by atoms with Crippen LogP contribution in [0.3, 0.4) is 0 Å². The highest BCUT2D eigenvalue weighted by molar-refractivity contribution is 5.94. The van der Waals surface area contributed by atoms with E-state index in [2.05, 4.69) is 15.2 Å². The molecule has 2 aromatic rings. The first kappa shape index (κ1) is 24.0. The minimum atomic E-state index is -0.999. The summed E-state index contributed by atoms with van der Waals surface area (Å²) in [6.07, 6.45) is 13.3. The largest absolute Gasteiger partial charge is 0.481 e. The second-order valence-corrected chi connectivity index (χ2v) is 10.5. The molecular weight excluding hydrogens is 444 g/mol. The summed E-state index contributed by atoms with van der Waals surface area (Å²) in [5, 5.41) is 11.4. The van der Waals surface area contributed by atoms with Gasteiger partial charge in [0.2, 0.25) is 0 Å². The number of hydrogen-bond acceptors (Lipinski definition) is 5. The van der Waals surface area contributed by atoms with Crippen LogP contribution in [0.1, 0.15) is 93.6 Å². The number of aromatic nitrogens is 2. The van der Waals surface area contributed by atoms with Crippen LogP contribution in [0, 0.1) is 0 Å². The third kappa shape index (κ3) is 4.99. The van der Waals surface area contributed by atoms with Crippen molar-refractivity contribution in [3.63, 3.8) is 0 Å². The molecule has 2 N–H and O–H groups in total. The Bertz CT molecular complexity index is 1120. The van der Waals surface area contributed by atoms with E-state index in [0.717, 1.165) is 18.4 Å². The quantitative estimate of drug-likeness (QED) is 0.650. The molecule has 1 aliphatic carbocycles. The Hall–Kier alpha value is -2.74. The maximum Gasteiger partial charge on any atom is 0.305 e. The molecule has 2 atom stereocenters. The molecule has 2 aliphatic heterocycles. The molecule has 1 aromatic heterocycles. The highest BCUT2D eigenvalue weighted by Crippen LogP contribution is 2.44. The summed E-state index contributed by atoms with van der Waals surface area (Å²) in [4.78, 5) is 44.4. The Morgan fingerprint density at radius 2 is 1.57 bits per heavy atom. The third-order valence-electron chi connectivity index (χ3n) is 8.26. The van der Waals surface area contributed by atoms with Crippen LogP contribution in [-0.4, -0.2) is 56.1 Å². The Kier molecular flexibility index (Phi) is 7.18. The average Bonchev–Trinajstić information content (AvgIpc) is 3.07. The highest BCUT2D eigenvalue weighted by atomic mass is 16.4. The van der Waals surface area contributed by atoms with Crippen molar-refractivity contribution < 1.29 is 14.7 Å². The molecule has 1 aromatic carbocycles. The minimum absolute atomic E-state index is 0.0308. The van der Waals surface area contributed by atoms with Crippen molar-refractivity contribution in [1.82, 2.24) is 19.8 Å². The van der Waals surface area contributed by atoms with Gasteiger partial charge in [-0.1, -0.05) is 44.2 Å². The van der Waals surface area contributed by atoms with E-state index >= 15 is 0 Å². The van der Waals surface area contributed by atoms with Crippen molar-refractivity contribution in [2.75, 3.05) is 6.54 Å². The summed E-state index contributed by atoms with van der Waals surface area (Å²) in [6.45, 7) is -0.0357. The molecule has 2 saturated heterocycles. The molecule has 3 aliphatic rings. The topological polar surface area (TPSA) is 105 Å². The zero-order chi connectivity index (χ0) is 24.4. The number of carboxylic acids is 1. The fourth-order valence-corrected chi connectivity index (χ4v) is 6.76. The molecule has 3 heterocycles. The molecule has 8 heteroatoms. The van der Waals surface area contributed by atoms with Gasteiger partial charge in [-0.05, 0) is 50.7 Å². The fourth-order valence-electron chi connectivity index (χ4n) is 6.76. The Morgan fingerprint density at radius 1 is 0.914 bits per heavy atom. The number of carbonyl (C=O) groups is 2. The molecule has 1 amide bonds. The van der Waals surface area contributed by atoms with Crippen LogP contribution >= 0.6 is 0 Å². The standard InChI is InChI=1S/C27H36N4O4/c32-24(33)14-15-28-26(34)25-27(35)31(23-11-7-6-10-22(23)29-25)21-16-19-12-13-20(17-21)30(19)18-8-4-2-1-3-5-9-18/h6-7,10-11,18-21H,1-5,8-9,12-17H2,(H,28,34)(H,32,33). The third-order valence-corrected chi connectivity index (χ3v) is 8.26. The lowest BCUT2D eigenvalue weighted by Crippen LogP contribution is -2.50. The zero-order valence-corrected chi connectivity index (χ0v) is 20.3. The molecule has 5 rings (SSSR count). The van der Waals surface area contributed by atoms with Gasteiger partial charge in [-0.3, -0.25) is 19.3 Å². The Labute approximate surface area is 205 Å². The minimum Gasteiger partial charge on any atom is -0.481 e. The molecular formula is C27H36N4O4. The van der Waals surface area contributed by atoms with E-state index < -0.39 is 11.9 Å². The van der Waals surface area contributed by atoms with E-state index in [1.807, 2.05) is 28.8 Å². The van der Waals surface area contributed by atoms with Crippen molar-refractivity contribution in [3.8, 4) is 0 Å². The molecule has 188 valence electrons. The SMILES string of the molecule is O=C(O)CCNC(=O)c1nc2ccccc2n(C2CC3CCC(C2)N3C2CCCCCCC2)c1=O. The molecule has 1 saturated carbocycles. The van der Waals surface area contributed by atoms with Gasteiger partial charge in [-0.25, -0.2) is 4.98 Å². The van der Waals surface area contributed by atoms with Crippen molar-refractivity contribution in [2.24, 2.45) is 0 Å². The molecule has 3 fully saturated rings. The summed E-state index contributed by atoms with van der Waals surface area (Å²) >= 11 is 0. The summed E-state index contributed by atoms with van der Waals surface area (Å²) in [7, 11) is 0. The second-order valence-electron chi connectivity index (χ2n) is 10.5. The van der Waals surface area contributed by atoms with Crippen LogP contribution < -0.4 is 10.9 Å². The number of rotatable bonds is 6. The molecule has 0 radical (unpaired) electrons. The van der Waals surface area contributed by atoms with E-state index in [9.17, 15) is 14.4 Å². The van der Waals surface area contributed by atoms with E-state index in [-0.39, 0.29) is 30.3 Å². The van der Waals surface area contributed by atoms with Crippen LogP contribution in [0.2, 0.25) is 0 Å². The number of benzene rings is 1. The first-order valence-electron chi connectivity index (χ1n) is 13.3. The number of amides is 1. The van der Waals surface area contributed by atoms with Crippen LogP contribution in [0.15, 0.2) is 29.1 Å². The molecule has 0 spiro atoms. The highest BCUT2D eigenvalue weighted by Gasteiger charge is 2.44. The maximum absolute atomic E-state index is 13.6. The first-order valence-corrected chi connectivity index (χ1v) is 13.3. The summed E-state index contributed by atoms with van der Waals surface area (Å²) in [6, 6.07) is 9.17. The predicted molar refractivity (Wildman–Crippen MR) is 134 cm³/mol. The van der Waals surface area contributed by atoms with Crippen molar-refractivity contribution in [1.29, 1.82) is 0 Å². The smallest absolute Gasteiger partial charge is 0.305 e. The Balaban J connectivity index is 1.43. The summed E-state index contributed by atoms with van der Waals surface area (Å²) in [5.74, 6) is -1.61.